The number of halogens is 1. The largest absolute Gasteiger partial charge is 0.349 e. The number of fused-ring (bicyclic) bond motifs is 3. The summed E-state index contributed by atoms with van der Waals surface area (Å²) >= 11 is 3.57. The molecule has 0 aliphatic heterocycles. The molecule has 3 nitrogen and oxygen atoms in total. The third-order valence-corrected chi connectivity index (χ3v) is 7.96. The summed E-state index contributed by atoms with van der Waals surface area (Å²) in [6, 6.07) is 14.5. The van der Waals surface area contributed by atoms with Crippen molar-refractivity contribution in [1.29, 1.82) is 0 Å². The highest BCUT2D eigenvalue weighted by molar-refractivity contribution is 9.10. The molecule has 0 radical (unpaired) electrons. The van der Waals surface area contributed by atoms with Gasteiger partial charge in [0.05, 0.1) is 16.8 Å². The Morgan fingerprint density at radius 1 is 1.10 bits per heavy atom. The number of amides is 1. The van der Waals surface area contributed by atoms with Crippen LogP contribution in [0.4, 0.5) is 0 Å². The van der Waals surface area contributed by atoms with Crippen molar-refractivity contribution >= 4 is 32.7 Å². The lowest BCUT2D eigenvalue weighted by Crippen LogP contribution is -2.40. The van der Waals surface area contributed by atoms with Gasteiger partial charge in [-0.3, -0.25) is 4.79 Å². The fourth-order valence-corrected chi connectivity index (χ4v) is 6.28. The summed E-state index contributed by atoms with van der Waals surface area (Å²) in [5.41, 5.74) is 5.87. The molecule has 1 N–H and O–H groups in total. The minimum atomic E-state index is 0.00629. The molecule has 2 aromatic carbocycles. The van der Waals surface area contributed by atoms with Gasteiger partial charge in [0.25, 0.3) is 5.91 Å². The lowest BCUT2D eigenvalue weighted by molar-refractivity contribution is 0.0917. The third kappa shape index (κ3) is 3.91. The Morgan fingerprint density at radius 3 is 2.65 bits per heavy atom. The number of nitrogens with zero attached hydrogens (tertiary/aromatic N) is 1. The van der Waals surface area contributed by atoms with Crippen LogP contribution in [0.25, 0.3) is 22.2 Å². The summed E-state index contributed by atoms with van der Waals surface area (Å²) < 4.78 is 0.955. The van der Waals surface area contributed by atoms with Gasteiger partial charge in [-0.05, 0) is 87.6 Å². The average molecular weight is 477 g/mol. The van der Waals surface area contributed by atoms with E-state index < -0.39 is 0 Å². The van der Waals surface area contributed by atoms with Gasteiger partial charge in [0.15, 0.2) is 0 Å². The quantitative estimate of drug-likeness (QED) is 0.447. The van der Waals surface area contributed by atoms with Gasteiger partial charge in [-0.25, -0.2) is 4.98 Å². The van der Waals surface area contributed by atoms with Gasteiger partial charge in [-0.1, -0.05) is 46.1 Å². The maximum atomic E-state index is 13.5. The molecular weight excluding hydrogens is 448 g/mol. The number of hydrogen-bond acceptors (Lipinski definition) is 2. The van der Waals surface area contributed by atoms with Crippen LogP contribution in [0.15, 0.2) is 46.9 Å². The van der Waals surface area contributed by atoms with E-state index in [2.05, 4.69) is 60.2 Å². The van der Waals surface area contributed by atoms with Crippen LogP contribution in [0, 0.1) is 31.6 Å². The summed E-state index contributed by atoms with van der Waals surface area (Å²) in [7, 11) is 0. The van der Waals surface area contributed by atoms with Gasteiger partial charge in [-0.2, -0.15) is 0 Å². The molecule has 2 aliphatic carbocycles. The summed E-state index contributed by atoms with van der Waals surface area (Å²) in [4.78, 5) is 18.4. The average Bonchev–Trinajstić information content (AvgIpc) is 3.37. The van der Waals surface area contributed by atoms with Crippen molar-refractivity contribution in [3.05, 3.63) is 63.6 Å². The van der Waals surface area contributed by atoms with Crippen molar-refractivity contribution in [3.8, 4) is 11.3 Å². The normalized spacial score (nSPS) is 23.3. The van der Waals surface area contributed by atoms with Crippen LogP contribution in [0.3, 0.4) is 0 Å². The Kier molecular flexibility index (Phi) is 5.37. The monoisotopic (exact) mass is 476 g/mol. The second-order valence-corrected chi connectivity index (χ2v) is 10.6. The number of carbonyl (C=O) groups is 1. The Hall–Kier alpha value is -2.20. The Bertz CT molecular complexity index is 1170. The van der Waals surface area contributed by atoms with Gasteiger partial charge in [0.1, 0.15) is 0 Å². The SMILES string of the molecule is Cc1ccc(-c2cc(C(=O)N[C@@H](C)[C@H]3C[C@H]4CC[C@H]3C4)c3cc(Br)ccc3n2)c(C)c1. The van der Waals surface area contributed by atoms with Crippen molar-refractivity contribution in [2.45, 2.75) is 52.5 Å². The number of aromatic nitrogens is 1. The molecule has 31 heavy (non-hydrogen) atoms. The first-order valence-corrected chi connectivity index (χ1v) is 12.2. The van der Waals surface area contributed by atoms with Crippen molar-refractivity contribution in [2.24, 2.45) is 17.8 Å². The molecule has 2 fully saturated rings. The fraction of sp³-hybridized carbons (Fsp3) is 0.407. The molecule has 0 saturated heterocycles. The summed E-state index contributed by atoms with van der Waals surface area (Å²) in [6.07, 6.45) is 5.33. The molecule has 3 aromatic rings. The summed E-state index contributed by atoms with van der Waals surface area (Å²) in [5, 5.41) is 4.24. The van der Waals surface area contributed by atoms with E-state index in [4.69, 9.17) is 4.98 Å². The second-order valence-electron chi connectivity index (χ2n) is 9.64. The van der Waals surface area contributed by atoms with Crippen molar-refractivity contribution in [2.75, 3.05) is 0 Å². The zero-order chi connectivity index (χ0) is 21.7. The van der Waals surface area contributed by atoms with E-state index in [1.165, 1.54) is 36.8 Å². The van der Waals surface area contributed by atoms with Crippen LogP contribution in [0.1, 0.15) is 54.1 Å². The van der Waals surface area contributed by atoms with Crippen molar-refractivity contribution in [1.82, 2.24) is 10.3 Å². The zero-order valence-electron chi connectivity index (χ0n) is 18.4. The summed E-state index contributed by atoms with van der Waals surface area (Å²) in [5.74, 6) is 2.28. The zero-order valence-corrected chi connectivity index (χ0v) is 20.0. The molecule has 1 aromatic heterocycles. The molecule has 4 atom stereocenters. The standard InChI is InChI=1S/C27H29BrN2O/c1-15-4-8-21(16(2)10-15)26-14-24(23-13-20(28)7-9-25(23)30-26)27(31)29-17(3)22-12-18-5-6-19(22)11-18/h4,7-10,13-14,17-19,22H,5-6,11-12H2,1-3H3,(H,29,31)/t17-,18-,19-,22+/m0/s1. The van der Waals surface area contributed by atoms with Gasteiger partial charge >= 0.3 is 0 Å². The van der Waals surface area contributed by atoms with Gasteiger partial charge in [0.2, 0.25) is 0 Å². The van der Waals surface area contributed by atoms with Crippen LogP contribution in [0.5, 0.6) is 0 Å². The summed E-state index contributed by atoms with van der Waals surface area (Å²) in [6.45, 7) is 6.39. The molecule has 160 valence electrons. The lowest BCUT2D eigenvalue weighted by Gasteiger charge is -2.28. The molecule has 0 spiro atoms. The lowest BCUT2D eigenvalue weighted by atomic mass is 9.84. The fourth-order valence-electron chi connectivity index (χ4n) is 5.92. The third-order valence-electron chi connectivity index (χ3n) is 7.47. The molecular formula is C27H29BrN2O. The van der Waals surface area contributed by atoms with Gasteiger partial charge in [0, 0.05) is 21.5 Å². The van der Waals surface area contributed by atoms with E-state index in [0.717, 1.165) is 38.5 Å². The molecule has 5 rings (SSSR count). The molecule has 2 aliphatic rings. The predicted molar refractivity (Wildman–Crippen MR) is 130 cm³/mol. The number of benzene rings is 2. The first-order valence-electron chi connectivity index (χ1n) is 11.4. The molecule has 1 heterocycles. The molecule has 0 unspecified atom stereocenters. The first-order chi connectivity index (χ1) is 14.9. The number of aryl methyl sites for hydroxylation is 2. The van der Waals surface area contributed by atoms with Gasteiger partial charge < -0.3 is 5.32 Å². The Labute approximate surface area is 192 Å². The van der Waals surface area contributed by atoms with Crippen LogP contribution >= 0.6 is 15.9 Å². The smallest absolute Gasteiger partial charge is 0.252 e. The minimum Gasteiger partial charge on any atom is -0.349 e. The second kappa shape index (κ2) is 8.05. The van der Waals surface area contributed by atoms with Crippen LogP contribution in [-0.2, 0) is 0 Å². The molecule has 2 saturated carbocycles. The number of nitrogens with one attached hydrogen (secondary N) is 1. The maximum absolute atomic E-state index is 13.5. The first kappa shape index (κ1) is 20.7. The highest BCUT2D eigenvalue weighted by atomic mass is 79.9. The van der Waals surface area contributed by atoms with Crippen LogP contribution in [0.2, 0.25) is 0 Å². The van der Waals surface area contributed by atoms with Crippen molar-refractivity contribution in [3.63, 3.8) is 0 Å². The van der Waals surface area contributed by atoms with E-state index in [-0.39, 0.29) is 11.9 Å². The van der Waals surface area contributed by atoms with Crippen LogP contribution < -0.4 is 5.32 Å². The van der Waals surface area contributed by atoms with Gasteiger partial charge in [-0.15, -0.1) is 0 Å². The minimum absolute atomic E-state index is 0.00629. The van der Waals surface area contributed by atoms with E-state index in [0.29, 0.717) is 11.5 Å². The number of hydrogen-bond donors (Lipinski definition) is 1. The number of pyridine rings is 1. The molecule has 4 heteroatoms. The topological polar surface area (TPSA) is 42.0 Å². The molecule has 2 bridgehead atoms. The maximum Gasteiger partial charge on any atom is 0.252 e. The van der Waals surface area contributed by atoms with E-state index in [9.17, 15) is 4.79 Å². The molecule has 1 amide bonds. The van der Waals surface area contributed by atoms with E-state index in [1.807, 2.05) is 24.3 Å². The number of carbonyl (C=O) groups excluding carboxylic acids is 1. The Morgan fingerprint density at radius 2 is 1.94 bits per heavy atom. The van der Waals surface area contributed by atoms with E-state index >= 15 is 0 Å². The predicted octanol–water partition coefficient (Wildman–Crippen LogP) is 6.84. The van der Waals surface area contributed by atoms with E-state index in [1.54, 1.807) is 0 Å². The Balaban J connectivity index is 1.53. The van der Waals surface area contributed by atoms with Crippen molar-refractivity contribution < 1.29 is 4.79 Å². The highest BCUT2D eigenvalue weighted by Gasteiger charge is 2.42. The number of rotatable bonds is 4. The highest BCUT2D eigenvalue weighted by Crippen LogP contribution is 2.49. The van der Waals surface area contributed by atoms with Crippen LogP contribution in [-0.4, -0.2) is 16.9 Å².